The Balaban J connectivity index is 2.60. The van der Waals surface area contributed by atoms with Gasteiger partial charge in [0.05, 0.1) is 0 Å². The third-order valence-corrected chi connectivity index (χ3v) is 3.71. The quantitative estimate of drug-likeness (QED) is 0.570. The van der Waals surface area contributed by atoms with E-state index in [-0.39, 0.29) is 0 Å². The van der Waals surface area contributed by atoms with E-state index in [1.807, 2.05) is 23.9 Å². The minimum Gasteiger partial charge on any atom is -0.355 e. The van der Waals surface area contributed by atoms with Gasteiger partial charge in [0.2, 0.25) is 0 Å². The molecule has 0 spiro atoms. The molecule has 0 aromatic heterocycles. The summed E-state index contributed by atoms with van der Waals surface area (Å²) < 4.78 is 0.917. The minimum atomic E-state index is 0.826. The van der Waals surface area contributed by atoms with Crippen LogP contribution in [-0.2, 0) is 0 Å². The SMILES string of the molecule is CN(C)C(=S)N1CCCSC1=S. The van der Waals surface area contributed by atoms with Crippen LogP contribution >= 0.6 is 36.2 Å². The lowest BCUT2D eigenvalue weighted by Gasteiger charge is -2.31. The first-order valence-electron chi connectivity index (χ1n) is 3.78. The molecule has 0 amide bonds. The number of hydrogen-bond donors (Lipinski definition) is 0. The Hall–Kier alpha value is 0.130. The van der Waals surface area contributed by atoms with E-state index < -0.39 is 0 Å². The number of nitrogens with zero attached hydrogens (tertiary/aromatic N) is 2. The fraction of sp³-hybridized carbons (Fsp3) is 0.714. The van der Waals surface area contributed by atoms with Gasteiger partial charge in [-0.05, 0) is 18.6 Å². The van der Waals surface area contributed by atoms with Crippen LogP contribution in [0.25, 0.3) is 0 Å². The van der Waals surface area contributed by atoms with Crippen molar-refractivity contribution in [3.63, 3.8) is 0 Å². The van der Waals surface area contributed by atoms with Crippen LogP contribution in [0.15, 0.2) is 0 Å². The molecule has 1 fully saturated rings. The molecule has 1 aliphatic heterocycles. The van der Waals surface area contributed by atoms with Crippen molar-refractivity contribution < 1.29 is 0 Å². The molecule has 0 unspecified atom stereocenters. The van der Waals surface area contributed by atoms with Crippen molar-refractivity contribution in [1.29, 1.82) is 0 Å². The first kappa shape index (κ1) is 10.2. The summed E-state index contributed by atoms with van der Waals surface area (Å²) >= 11 is 12.1. The van der Waals surface area contributed by atoms with E-state index in [9.17, 15) is 0 Å². The molecule has 1 aliphatic rings. The van der Waals surface area contributed by atoms with E-state index >= 15 is 0 Å². The number of hydrogen-bond acceptors (Lipinski definition) is 3. The molecule has 5 heteroatoms. The van der Waals surface area contributed by atoms with Crippen molar-refractivity contribution in [3.05, 3.63) is 0 Å². The molecule has 68 valence electrons. The van der Waals surface area contributed by atoms with Gasteiger partial charge in [0, 0.05) is 26.4 Å². The zero-order chi connectivity index (χ0) is 9.14. The molecule has 0 aliphatic carbocycles. The molecule has 2 nitrogen and oxygen atoms in total. The zero-order valence-electron chi connectivity index (χ0n) is 7.24. The van der Waals surface area contributed by atoms with Crippen LogP contribution in [0.4, 0.5) is 0 Å². The van der Waals surface area contributed by atoms with E-state index in [1.54, 1.807) is 11.8 Å². The molecule has 0 atom stereocenters. The maximum atomic E-state index is 5.23. The third-order valence-electron chi connectivity index (χ3n) is 1.59. The summed E-state index contributed by atoms with van der Waals surface area (Å²) in [6, 6.07) is 0. The summed E-state index contributed by atoms with van der Waals surface area (Å²) in [6.45, 7) is 0.975. The van der Waals surface area contributed by atoms with Crippen molar-refractivity contribution in [2.24, 2.45) is 0 Å². The Morgan fingerprint density at radius 3 is 2.75 bits per heavy atom. The summed E-state index contributed by atoms with van der Waals surface area (Å²) in [5.74, 6) is 1.13. The highest BCUT2D eigenvalue weighted by atomic mass is 32.2. The van der Waals surface area contributed by atoms with E-state index in [2.05, 4.69) is 0 Å². The first-order chi connectivity index (χ1) is 5.63. The lowest BCUT2D eigenvalue weighted by molar-refractivity contribution is 0.506. The molecule has 0 radical (unpaired) electrons. The molecule has 0 aromatic carbocycles. The van der Waals surface area contributed by atoms with Gasteiger partial charge in [0.1, 0.15) is 4.32 Å². The summed E-state index contributed by atoms with van der Waals surface area (Å²) in [7, 11) is 3.90. The molecule has 0 saturated carbocycles. The van der Waals surface area contributed by atoms with Gasteiger partial charge in [-0.1, -0.05) is 24.0 Å². The van der Waals surface area contributed by atoms with Crippen LogP contribution in [0, 0.1) is 0 Å². The topological polar surface area (TPSA) is 6.48 Å². The molecule has 0 bridgehead atoms. The summed E-state index contributed by atoms with van der Waals surface area (Å²) in [4.78, 5) is 3.95. The maximum Gasteiger partial charge on any atom is 0.176 e. The smallest absolute Gasteiger partial charge is 0.176 e. The fourth-order valence-electron chi connectivity index (χ4n) is 0.967. The highest BCUT2D eigenvalue weighted by molar-refractivity contribution is 8.23. The van der Waals surface area contributed by atoms with E-state index in [4.69, 9.17) is 24.4 Å². The molecule has 12 heavy (non-hydrogen) atoms. The predicted molar refractivity (Wildman–Crippen MR) is 62.7 cm³/mol. The van der Waals surface area contributed by atoms with Gasteiger partial charge >= 0.3 is 0 Å². The summed E-state index contributed by atoms with van der Waals surface area (Å²) in [5, 5.41) is 0.826. The average molecular weight is 220 g/mol. The van der Waals surface area contributed by atoms with Crippen LogP contribution in [0.5, 0.6) is 0 Å². The summed E-state index contributed by atoms with van der Waals surface area (Å²) in [6.07, 6.45) is 1.17. The number of rotatable bonds is 0. The van der Waals surface area contributed by atoms with Gasteiger partial charge in [-0.15, -0.1) is 0 Å². The van der Waals surface area contributed by atoms with Crippen LogP contribution < -0.4 is 0 Å². The largest absolute Gasteiger partial charge is 0.355 e. The third kappa shape index (κ3) is 2.31. The van der Waals surface area contributed by atoms with Crippen LogP contribution in [0.2, 0.25) is 0 Å². The van der Waals surface area contributed by atoms with Crippen molar-refractivity contribution in [2.75, 3.05) is 26.4 Å². The van der Waals surface area contributed by atoms with E-state index in [0.29, 0.717) is 0 Å². The van der Waals surface area contributed by atoms with Crippen LogP contribution in [0.1, 0.15) is 6.42 Å². The van der Waals surface area contributed by atoms with E-state index in [1.165, 1.54) is 6.42 Å². The van der Waals surface area contributed by atoms with Gasteiger partial charge in [0.15, 0.2) is 5.11 Å². The molecule has 1 rings (SSSR count). The molecule has 0 N–H and O–H groups in total. The van der Waals surface area contributed by atoms with Crippen molar-refractivity contribution in [3.8, 4) is 0 Å². The van der Waals surface area contributed by atoms with Gasteiger partial charge in [0.25, 0.3) is 0 Å². The normalized spacial score (nSPS) is 17.8. The van der Waals surface area contributed by atoms with Gasteiger partial charge < -0.3 is 9.80 Å². The second-order valence-electron chi connectivity index (χ2n) is 2.80. The van der Waals surface area contributed by atoms with Gasteiger partial charge in [-0.2, -0.15) is 0 Å². The Kier molecular flexibility index (Phi) is 3.74. The number of thioether (sulfide) groups is 1. The van der Waals surface area contributed by atoms with Crippen LogP contribution in [-0.4, -0.2) is 45.6 Å². The van der Waals surface area contributed by atoms with Gasteiger partial charge in [-0.3, -0.25) is 0 Å². The lowest BCUT2D eigenvalue weighted by Crippen LogP contribution is -2.43. The Morgan fingerprint density at radius 2 is 2.25 bits per heavy atom. The average Bonchev–Trinajstić information content (AvgIpc) is 2.04. The molecule has 1 heterocycles. The second-order valence-corrected chi connectivity index (χ2v) is 4.89. The van der Waals surface area contributed by atoms with Gasteiger partial charge in [-0.25, -0.2) is 0 Å². The number of thiocarbonyl (C=S) groups is 2. The first-order valence-corrected chi connectivity index (χ1v) is 5.58. The van der Waals surface area contributed by atoms with Crippen LogP contribution in [0.3, 0.4) is 0 Å². The minimum absolute atomic E-state index is 0.826. The standard InChI is InChI=1S/C7H12N2S3/c1-8(2)6(10)9-4-3-5-12-7(9)11/h3-5H2,1-2H3. The van der Waals surface area contributed by atoms with E-state index in [0.717, 1.165) is 21.7 Å². The highest BCUT2D eigenvalue weighted by Crippen LogP contribution is 2.18. The molecular formula is C7H12N2S3. The Bertz CT molecular complexity index is 203. The summed E-state index contributed by atoms with van der Waals surface area (Å²) in [5.41, 5.74) is 0. The zero-order valence-corrected chi connectivity index (χ0v) is 9.69. The Morgan fingerprint density at radius 1 is 1.58 bits per heavy atom. The molecular weight excluding hydrogens is 208 g/mol. The van der Waals surface area contributed by atoms with Crippen molar-refractivity contribution in [1.82, 2.24) is 9.80 Å². The van der Waals surface area contributed by atoms with Crippen molar-refractivity contribution >= 4 is 45.6 Å². The fourth-order valence-corrected chi connectivity index (χ4v) is 2.47. The molecule has 1 saturated heterocycles. The lowest BCUT2D eigenvalue weighted by atomic mass is 10.4. The Labute approximate surface area is 88.3 Å². The predicted octanol–water partition coefficient (Wildman–Crippen LogP) is 1.56. The second kappa shape index (κ2) is 4.39. The van der Waals surface area contributed by atoms with Crippen molar-refractivity contribution in [2.45, 2.75) is 6.42 Å². The maximum absolute atomic E-state index is 5.23. The molecule has 0 aromatic rings. The highest BCUT2D eigenvalue weighted by Gasteiger charge is 2.19. The monoisotopic (exact) mass is 220 g/mol.